The minimum absolute atomic E-state index is 0.0729. The van der Waals surface area contributed by atoms with E-state index in [9.17, 15) is 18.8 Å². The highest BCUT2D eigenvalue weighted by atomic mass is 19.1. The number of amides is 3. The SMILES string of the molecule is O=C(NNC(=O)c1ccc(N2CCCC2=O)cc1)c1ccc(F)cc1. The summed E-state index contributed by atoms with van der Waals surface area (Å²) in [6.45, 7) is 0.679. The molecule has 0 bridgehead atoms. The Morgan fingerprint density at radius 2 is 1.40 bits per heavy atom. The first kappa shape index (κ1) is 16.6. The number of rotatable bonds is 3. The van der Waals surface area contributed by atoms with Crippen LogP contribution >= 0.6 is 0 Å². The van der Waals surface area contributed by atoms with Crippen molar-refractivity contribution in [3.63, 3.8) is 0 Å². The van der Waals surface area contributed by atoms with Crippen LogP contribution in [0, 0.1) is 5.82 Å². The number of nitrogens with zero attached hydrogens (tertiary/aromatic N) is 1. The largest absolute Gasteiger partial charge is 0.312 e. The van der Waals surface area contributed by atoms with Gasteiger partial charge < -0.3 is 4.90 Å². The number of carbonyl (C=O) groups excluding carboxylic acids is 3. The Hall–Kier alpha value is -3.22. The molecule has 0 aliphatic carbocycles. The summed E-state index contributed by atoms with van der Waals surface area (Å²) in [6.07, 6.45) is 1.37. The van der Waals surface area contributed by atoms with Gasteiger partial charge in [-0.15, -0.1) is 0 Å². The smallest absolute Gasteiger partial charge is 0.269 e. The van der Waals surface area contributed by atoms with Crippen LogP contribution in [0.2, 0.25) is 0 Å². The van der Waals surface area contributed by atoms with Crippen molar-refractivity contribution >= 4 is 23.4 Å². The minimum Gasteiger partial charge on any atom is -0.312 e. The second kappa shape index (κ2) is 7.12. The Kier molecular flexibility index (Phi) is 4.74. The molecule has 1 aliphatic heterocycles. The topological polar surface area (TPSA) is 78.5 Å². The number of hydrogen-bond donors (Lipinski definition) is 2. The fourth-order valence-corrected chi connectivity index (χ4v) is 2.57. The van der Waals surface area contributed by atoms with E-state index < -0.39 is 17.6 Å². The monoisotopic (exact) mass is 341 g/mol. The standard InChI is InChI=1S/C18H16FN3O3/c19-14-7-3-12(4-8-14)17(24)20-21-18(25)13-5-9-15(10-6-13)22-11-1-2-16(22)23/h3-10H,1-2,11H2,(H,20,24)(H,21,25). The Bertz CT molecular complexity index is 803. The second-order valence-electron chi connectivity index (χ2n) is 5.61. The molecule has 3 rings (SSSR count). The predicted molar refractivity (Wildman–Crippen MR) is 89.4 cm³/mol. The molecule has 0 atom stereocenters. The van der Waals surface area contributed by atoms with Crippen molar-refractivity contribution in [2.75, 3.05) is 11.4 Å². The van der Waals surface area contributed by atoms with Crippen molar-refractivity contribution in [3.8, 4) is 0 Å². The molecule has 7 heteroatoms. The van der Waals surface area contributed by atoms with E-state index in [0.717, 1.165) is 24.2 Å². The molecule has 1 heterocycles. The molecule has 1 saturated heterocycles. The molecule has 1 aliphatic rings. The molecule has 0 radical (unpaired) electrons. The van der Waals surface area contributed by atoms with Crippen molar-refractivity contribution in [1.82, 2.24) is 10.9 Å². The zero-order valence-corrected chi connectivity index (χ0v) is 13.3. The van der Waals surface area contributed by atoms with Gasteiger partial charge in [-0.2, -0.15) is 0 Å². The Morgan fingerprint density at radius 1 is 0.880 bits per heavy atom. The van der Waals surface area contributed by atoms with Gasteiger partial charge in [-0.25, -0.2) is 4.39 Å². The van der Waals surface area contributed by atoms with E-state index in [1.807, 2.05) is 0 Å². The third kappa shape index (κ3) is 3.82. The summed E-state index contributed by atoms with van der Waals surface area (Å²) in [5, 5.41) is 0. The third-order valence-electron chi connectivity index (χ3n) is 3.91. The molecule has 6 nitrogen and oxygen atoms in total. The average molecular weight is 341 g/mol. The summed E-state index contributed by atoms with van der Waals surface area (Å²) in [7, 11) is 0. The number of carbonyl (C=O) groups is 3. The normalized spacial score (nSPS) is 13.6. The van der Waals surface area contributed by atoms with Crippen molar-refractivity contribution in [2.45, 2.75) is 12.8 Å². The lowest BCUT2D eigenvalue weighted by Gasteiger charge is -2.15. The Morgan fingerprint density at radius 3 is 1.88 bits per heavy atom. The van der Waals surface area contributed by atoms with Crippen molar-refractivity contribution in [3.05, 3.63) is 65.5 Å². The molecule has 3 amide bonds. The highest BCUT2D eigenvalue weighted by molar-refractivity contribution is 6.00. The van der Waals surface area contributed by atoms with Gasteiger partial charge in [0.05, 0.1) is 0 Å². The van der Waals surface area contributed by atoms with Gasteiger partial charge in [0, 0.05) is 29.8 Å². The quantitative estimate of drug-likeness (QED) is 0.839. The van der Waals surface area contributed by atoms with Crippen LogP contribution in [-0.4, -0.2) is 24.3 Å². The van der Waals surface area contributed by atoms with Gasteiger partial charge in [0.25, 0.3) is 11.8 Å². The van der Waals surface area contributed by atoms with E-state index in [1.54, 1.807) is 29.2 Å². The highest BCUT2D eigenvalue weighted by Crippen LogP contribution is 2.21. The lowest BCUT2D eigenvalue weighted by atomic mass is 10.2. The number of nitrogens with one attached hydrogen (secondary N) is 2. The summed E-state index contributed by atoms with van der Waals surface area (Å²) >= 11 is 0. The maximum absolute atomic E-state index is 12.8. The molecule has 2 aromatic carbocycles. The molecule has 2 N–H and O–H groups in total. The maximum Gasteiger partial charge on any atom is 0.269 e. The van der Waals surface area contributed by atoms with Gasteiger partial charge in [-0.05, 0) is 55.0 Å². The average Bonchev–Trinajstić information content (AvgIpc) is 3.06. The zero-order valence-electron chi connectivity index (χ0n) is 13.3. The van der Waals surface area contributed by atoms with E-state index in [4.69, 9.17) is 0 Å². The number of anilines is 1. The van der Waals surface area contributed by atoms with E-state index >= 15 is 0 Å². The van der Waals surface area contributed by atoms with E-state index in [0.29, 0.717) is 18.5 Å². The zero-order chi connectivity index (χ0) is 17.8. The van der Waals surface area contributed by atoms with Gasteiger partial charge in [0.1, 0.15) is 5.82 Å². The molecule has 0 saturated carbocycles. The van der Waals surface area contributed by atoms with Crippen LogP contribution in [0.4, 0.5) is 10.1 Å². The Balaban J connectivity index is 1.58. The van der Waals surface area contributed by atoms with Crippen molar-refractivity contribution in [1.29, 1.82) is 0 Å². The van der Waals surface area contributed by atoms with E-state index in [-0.39, 0.29) is 11.5 Å². The number of hydrogen-bond acceptors (Lipinski definition) is 3. The number of hydrazine groups is 1. The number of halogens is 1. The lowest BCUT2D eigenvalue weighted by molar-refractivity contribution is -0.117. The summed E-state index contributed by atoms with van der Waals surface area (Å²) in [6, 6.07) is 11.5. The van der Waals surface area contributed by atoms with E-state index in [2.05, 4.69) is 10.9 Å². The summed E-state index contributed by atoms with van der Waals surface area (Å²) < 4.78 is 12.8. The first-order valence-corrected chi connectivity index (χ1v) is 7.81. The molecule has 128 valence electrons. The first-order valence-electron chi connectivity index (χ1n) is 7.81. The lowest BCUT2D eigenvalue weighted by Crippen LogP contribution is -2.41. The predicted octanol–water partition coefficient (Wildman–Crippen LogP) is 2.03. The molecule has 0 spiro atoms. The first-order chi connectivity index (χ1) is 12.0. The summed E-state index contributed by atoms with van der Waals surface area (Å²) in [4.78, 5) is 37.3. The molecule has 25 heavy (non-hydrogen) atoms. The van der Waals surface area contributed by atoms with E-state index in [1.165, 1.54) is 12.1 Å². The molecular formula is C18H16FN3O3. The van der Waals surface area contributed by atoms with Gasteiger partial charge >= 0.3 is 0 Å². The molecule has 1 fully saturated rings. The minimum atomic E-state index is -0.548. The summed E-state index contributed by atoms with van der Waals surface area (Å²) in [5.41, 5.74) is 5.88. The molecule has 0 unspecified atom stereocenters. The van der Waals surface area contributed by atoms with Crippen LogP contribution in [0.5, 0.6) is 0 Å². The third-order valence-corrected chi connectivity index (χ3v) is 3.91. The highest BCUT2D eigenvalue weighted by Gasteiger charge is 2.21. The van der Waals surface area contributed by atoms with Gasteiger partial charge in [0.15, 0.2) is 0 Å². The van der Waals surface area contributed by atoms with Crippen LogP contribution in [0.3, 0.4) is 0 Å². The fraction of sp³-hybridized carbons (Fsp3) is 0.167. The molecular weight excluding hydrogens is 325 g/mol. The second-order valence-corrected chi connectivity index (χ2v) is 5.61. The maximum atomic E-state index is 12.8. The van der Waals surface area contributed by atoms with Crippen LogP contribution in [0.1, 0.15) is 33.6 Å². The van der Waals surface area contributed by atoms with Crippen LogP contribution in [-0.2, 0) is 4.79 Å². The summed E-state index contributed by atoms with van der Waals surface area (Å²) in [5.74, 6) is -1.41. The van der Waals surface area contributed by atoms with Crippen LogP contribution in [0.15, 0.2) is 48.5 Å². The fourth-order valence-electron chi connectivity index (χ4n) is 2.57. The van der Waals surface area contributed by atoms with Gasteiger partial charge in [0.2, 0.25) is 5.91 Å². The van der Waals surface area contributed by atoms with Crippen molar-refractivity contribution in [2.24, 2.45) is 0 Å². The van der Waals surface area contributed by atoms with Crippen molar-refractivity contribution < 1.29 is 18.8 Å². The molecule has 2 aromatic rings. The van der Waals surface area contributed by atoms with Gasteiger partial charge in [-0.1, -0.05) is 0 Å². The van der Waals surface area contributed by atoms with Crippen LogP contribution < -0.4 is 15.8 Å². The Labute approximate surface area is 143 Å². The molecule has 0 aromatic heterocycles. The van der Waals surface area contributed by atoms with Gasteiger partial charge in [-0.3, -0.25) is 25.2 Å². The number of benzene rings is 2. The van der Waals surface area contributed by atoms with Crippen LogP contribution in [0.25, 0.3) is 0 Å².